The molecule has 0 aromatic heterocycles. The van der Waals surface area contributed by atoms with Gasteiger partial charge in [-0.25, -0.2) is 13.7 Å². The molecule has 0 radical (unpaired) electrons. The predicted molar refractivity (Wildman–Crippen MR) is 137 cm³/mol. The van der Waals surface area contributed by atoms with Crippen molar-refractivity contribution in [2.24, 2.45) is 0 Å². The van der Waals surface area contributed by atoms with E-state index in [1.165, 1.54) is 13.1 Å². The maximum atomic E-state index is 13.7. The zero-order valence-corrected chi connectivity index (χ0v) is 20.8. The predicted octanol–water partition coefficient (Wildman–Crippen LogP) is 5.81. The molecule has 0 heterocycles. The number of halogens is 1. The number of benzene rings is 3. The van der Waals surface area contributed by atoms with E-state index in [2.05, 4.69) is 22.3 Å². The van der Waals surface area contributed by atoms with Crippen LogP contribution in [0.1, 0.15) is 35.7 Å². The van der Waals surface area contributed by atoms with E-state index in [1.54, 1.807) is 36.4 Å². The average Bonchev–Trinajstić information content (AvgIpc) is 2.84. The topological polar surface area (TPSA) is 103 Å². The van der Waals surface area contributed by atoms with E-state index in [0.717, 1.165) is 18.4 Å². The highest BCUT2D eigenvalue weighted by atomic mass is 35.5. The van der Waals surface area contributed by atoms with E-state index >= 15 is 0 Å². The first-order valence-electron chi connectivity index (χ1n) is 11.0. The average molecular weight is 501 g/mol. The standard InChI is InChI=1S/C25H29ClN4O3S/c1-3-4-13-29-22-15-19(25(31)28-2)16-23(24(22)33-21-11-6-5-7-12-21)34(27,32)30-17-18-9-8-10-20(26)14-18/h5-12,14-16,29H,3-4,13,17H2,1-2H3,(H,28,31)(H2,27,30,32). The molecule has 0 aliphatic rings. The molecule has 0 aliphatic carbocycles. The minimum Gasteiger partial charge on any atom is -0.454 e. The number of carbonyl (C=O) groups excluding carboxylic acids is 1. The Labute approximate surface area is 206 Å². The Morgan fingerprint density at radius 3 is 2.53 bits per heavy atom. The maximum absolute atomic E-state index is 13.7. The number of hydrogen-bond acceptors (Lipinski definition) is 5. The maximum Gasteiger partial charge on any atom is 0.251 e. The molecule has 34 heavy (non-hydrogen) atoms. The number of hydrogen-bond donors (Lipinski definition) is 4. The minimum atomic E-state index is -3.58. The van der Waals surface area contributed by atoms with Crippen molar-refractivity contribution in [2.75, 3.05) is 18.9 Å². The number of amides is 1. The third-order valence-corrected chi connectivity index (χ3v) is 6.74. The normalized spacial score (nSPS) is 12.6. The first-order chi connectivity index (χ1) is 16.3. The van der Waals surface area contributed by atoms with E-state index < -0.39 is 9.92 Å². The monoisotopic (exact) mass is 500 g/mol. The fourth-order valence-electron chi connectivity index (χ4n) is 3.24. The van der Waals surface area contributed by atoms with Gasteiger partial charge in [0.05, 0.1) is 5.69 Å². The van der Waals surface area contributed by atoms with Crippen molar-refractivity contribution >= 4 is 33.1 Å². The molecular formula is C25H29ClN4O3S. The zero-order chi connectivity index (χ0) is 24.6. The number of para-hydroxylation sites is 1. The smallest absolute Gasteiger partial charge is 0.251 e. The van der Waals surface area contributed by atoms with Crippen LogP contribution in [-0.2, 0) is 16.5 Å². The molecular weight excluding hydrogens is 472 g/mol. The van der Waals surface area contributed by atoms with Crippen molar-refractivity contribution in [3.05, 3.63) is 82.9 Å². The Hall–Kier alpha value is -3.07. The third kappa shape index (κ3) is 6.72. The quantitative estimate of drug-likeness (QED) is 0.249. The summed E-state index contributed by atoms with van der Waals surface area (Å²) in [5.41, 5.74) is 1.56. The summed E-state index contributed by atoms with van der Waals surface area (Å²) in [6, 6.07) is 19.3. The van der Waals surface area contributed by atoms with Crippen LogP contribution in [0.3, 0.4) is 0 Å². The van der Waals surface area contributed by atoms with E-state index in [9.17, 15) is 9.00 Å². The molecule has 0 aliphatic heterocycles. The largest absolute Gasteiger partial charge is 0.454 e. The summed E-state index contributed by atoms with van der Waals surface area (Å²) >= 11 is 6.06. The van der Waals surface area contributed by atoms with Crippen LogP contribution >= 0.6 is 11.6 Å². The van der Waals surface area contributed by atoms with Crippen LogP contribution in [-0.4, -0.2) is 23.7 Å². The van der Waals surface area contributed by atoms with Gasteiger partial charge >= 0.3 is 0 Å². The summed E-state index contributed by atoms with van der Waals surface area (Å²) < 4.78 is 31.4. The van der Waals surface area contributed by atoms with Crippen LogP contribution in [0.2, 0.25) is 5.02 Å². The molecule has 0 bridgehead atoms. The highest BCUT2D eigenvalue weighted by Gasteiger charge is 2.23. The van der Waals surface area contributed by atoms with Gasteiger partial charge in [0.1, 0.15) is 20.6 Å². The van der Waals surface area contributed by atoms with Gasteiger partial charge in [0.2, 0.25) is 0 Å². The lowest BCUT2D eigenvalue weighted by molar-refractivity contribution is 0.0963. The molecule has 0 saturated carbocycles. The number of rotatable bonds is 11. The van der Waals surface area contributed by atoms with Gasteiger partial charge in [-0.3, -0.25) is 4.79 Å². The lowest BCUT2D eigenvalue weighted by Gasteiger charge is -2.20. The van der Waals surface area contributed by atoms with Gasteiger partial charge in [-0.2, -0.15) is 0 Å². The second-order valence-electron chi connectivity index (χ2n) is 7.63. The molecule has 3 aromatic rings. The van der Waals surface area contributed by atoms with Crippen molar-refractivity contribution in [3.63, 3.8) is 0 Å². The molecule has 1 atom stereocenters. The van der Waals surface area contributed by atoms with E-state index in [4.69, 9.17) is 21.1 Å². The van der Waals surface area contributed by atoms with Crippen LogP contribution in [0.25, 0.3) is 0 Å². The summed E-state index contributed by atoms with van der Waals surface area (Å²) in [5, 5.41) is 6.43. The first kappa shape index (κ1) is 25.6. The Morgan fingerprint density at radius 1 is 1.09 bits per heavy atom. The number of unbranched alkanes of at least 4 members (excludes halogenated alkanes) is 1. The summed E-state index contributed by atoms with van der Waals surface area (Å²) in [7, 11) is -2.05. The van der Waals surface area contributed by atoms with Crippen LogP contribution in [0.5, 0.6) is 11.5 Å². The third-order valence-electron chi connectivity index (χ3n) is 5.03. The highest BCUT2D eigenvalue weighted by Crippen LogP contribution is 2.38. The molecule has 4 N–H and O–H groups in total. The molecule has 3 aromatic carbocycles. The second kappa shape index (κ2) is 11.9. The number of anilines is 1. The summed E-state index contributed by atoms with van der Waals surface area (Å²) in [6.07, 6.45) is 1.87. The minimum absolute atomic E-state index is 0.0819. The Bertz CT molecular complexity index is 1230. The molecule has 180 valence electrons. The summed E-state index contributed by atoms with van der Waals surface area (Å²) in [4.78, 5) is 12.6. The number of carbonyl (C=O) groups is 1. The van der Waals surface area contributed by atoms with E-state index in [1.807, 2.05) is 24.3 Å². The van der Waals surface area contributed by atoms with Crippen LogP contribution in [0.15, 0.2) is 71.6 Å². The van der Waals surface area contributed by atoms with Gasteiger partial charge in [-0.1, -0.05) is 55.3 Å². The fourth-order valence-corrected chi connectivity index (χ4v) is 4.69. The van der Waals surface area contributed by atoms with Gasteiger partial charge in [-0.15, -0.1) is 0 Å². The molecule has 3 rings (SSSR count). The van der Waals surface area contributed by atoms with E-state index in [-0.39, 0.29) is 28.7 Å². The Balaban J connectivity index is 2.08. The molecule has 0 fully saturated rings. The van der Waals surface area contributed by atoms with Gasteiger partial charge in [0, 0.05) is 30.7 Å². The number of ether oxygens (including phenoxy) is 1. The van der Waals surface area contributed by atoms with Gasteiger partial charge in [-0.05, 0) is 48.4 Å². The molecule has 7 nitrogen and oxygen atoms in total. The van der Waals surface area contributed by atoms with Crippen LogP contribution in [0, 0.1) is 4.78 Å². The number of nitrogens with one attached hydrogen (secondary N) is 4. The Morgan fingerprint density at radius 2 is 1.85 bits per heavy atom. The summed E-state index contributed by atoms with van der Waals surface area (Å²) in [6.45, 7) is 2.86. The lowest BCUT2D eigenvalue weighted by atomic mass is 10.1. The van der Waals surface area contributed by atoms with Crippen molar-refractivity contribution < 1.29 is 13.7 Å². The zero-order valence-electron chi connectivity index (χ0n) is 19.2. The van der Waals surface area contributed by atoms with E-state index in [0.29, 0.717) is 23.0 Å². The molecule has 0 saturated heterocycles. The molecule has 1 amide bonds. The first-order valence-corrected chi connectivity index (χ1v) is 12.9. The molecule has 1 unspecified atom stereocenters. The van der Waals surface area contributed by atoms with Gasteiger partial charge < -0.3 is 15.4 Å². The Kier molecular flexibility index (Phi) is 8.92. The second-order valence-corrected chi connectivity index (χ2v) is 9.91. The SMILES string of the molecule is CCCCNc1cc(C(=O)NC)cc(S(=N)(=O)NCc2cccc(Cl)c2)c1Oc1ccccc1. The van der Waals surface area contributed by atoms with Gasteiger partial charge in [0.15, 0.2) is 5.75 Å². The van der Waals surface area contributed by atoms with Crippen molar-refractivity contribution in [1.82, 2.24) is 10.0 Å². The fraction of sp³-hybridized carbons (Fsp3) is 0.240. The summed E-state index contributed by atoms with van der Waals surface area (Å²) in [5.74, 6) is 0.421. The van der Waals surface area contributed by atoms with Crippen LogP contribution in [0.4, 0.5) is 5.69 Å². The lowest BCUT2D eigenvalue weighted by Crippen LogP contribution is -2.24. The van der Waals surface area contributed by atoms with Gasteiger partial charge in [0.25, 0.3) is 5.91 Å². The van der Waals surface area contributed by atoms with Crippen molar-refractivity contribution in [2.45, 2.75) is 31.2 Å². The van der Waals surface area contributed by atoms with Crippen LogP contribution < -0.4 is 20.1 Å². The van der Waals surface area contributed by atoms with Crippen molar-refractivity contribution in [3.8, 4) is 11.5 Å². The van der Waals surface area contributed by atoms with Crippen molar-refractivity contribution in [1.29, 1.82) is 4.78 Å². The highest BCUT2D eigenvalue weighted by molar-refractivity contribution is 7.90. The molecule has 0 spiro atoms. The molecule has 9 heteroatoms.